The van der Waals surface area contributed by atoms with Gasteiger partial charge in [-0.3, -0.25) is 0 Å². The maximum atomic E-state index is 3.99. The molecule has 0 spiro atoms. The van der Waals surface area contributed by atoms with Gasteiger partial charge in [0.2, 0.25) is 0 Å². The Labute approximate surface area is 132 Å². The zero-order valence-electron chi connectivity index (χ0n) is 15.1. The number of rotatable bonds is 6. The van der Waals surface area contributed by atoms with Crippen LogP contribution in [-0.2, 0) is 0 Å². The zero-order chi connectivity index (χ0) is 15.3. The van der Waals surface area contributed by atoms with Crippen molar-refractivity contribution in [3.63, 3.8) is 0 Å². The largest absolute Gasteiger partial charge is 0.313 e. The van der Waals surface area contributed by atoms with E-state index >= 15 is 0 Å². The van der Waals surface area contributed by atoms with Crippen LogP contribution in [-0.4, -0.2) is 12.6 Å². The predicted octanol–water partition coefficient (Wildman–Crippen LogP) is 5.40. The van der Waals surface area contributed by atoms with Crippen molar-refractivity contribution >= 4 is 0 Å². The lowest BCUT2D eigenvalue weighted by atomic mass is 9.39. The molecule has 4 fully saturated rings. The summed E-state index contributed by atoms with van der Waals surface area (Å²) in [5.41, 5.74) is 1.91. The molecule has 1 nitrogen and oxygen atoms in total. The monoisotopic (exact) mass is 291 g/mol. The van der Waals surface area contributed by atoms with E-state index in [4.69, 9.17) is 0 Å². The molecule has 1 heteroatoms. The minimum Gasteiger partial charge on any atom is -0.313 e. The molecule has 0 amide bonds. The fourth-order valence-corrected chi connectivity index (χ4v) is 7.26. The van der Waals surface area contributed by atoms with Crippen LogP contribution in [0.1, 0.15) is 86.0 Å². The van der Waals surface area contributed by atoms with Crippen LogP contribution in [0.5, 0.6) is 0 Å². The molecule has 4 rings (SSSR count). The normalized spacial score (nSPS) is 46.3. The zero-order valence-corrected chi connectivity index (χ0v) is 15.1. The van der Waals surface area contributed by atoms with Crippen LogP contribution in [0.15, 0.2) is 0 Å². The van der Waals surface area contributed by atoms with Crippen molar-refractivity contribution in [2.45, 2.75) is 92.0 Å². The molecular formula is C20H37N. The van der Waals surface area contributed by atoms with Crippen LogP contribution in [0, 0.1) is 28.1 Å². The summed E-state index contributed by atoms with van der Waals surface area (Å²) in [5.74, 6) is 1.84. The van der Waals surface area contributed by atoms with Gasteiger partial charge < -0.3 is 5.32 Å². The molecule has 4 aliphatic carbocycles. The summed E-state index contributed by atoms with van der Waals surface area (Å²) in [7, 11) is 0. The van der Waals surface area contributed by atoms with Crippen molar-refractivity contribution < 1.29 is 0 Å². The van der Waals surface area contributed by atoms with Crippen LogP contribution in [0.25, 0.3) is 0 Å². The fourth-order valence-electron chi connectivity index (χ4n) is 7.26. The molecule has 0 aromatic heterocycles. The highest BCUT2D eigenvalue weighted by molar-refractivity contribution is 5.13. The van der Waals surface area contributed by atoms with Gasteiger partial charge >= 0.3 is 0 Å². The molecule has 0 aromatic carbocycles. The molecule has 3 unspecified atom stereocenters. The Bertz CT molecular complexity index is 367. The lowest BCUT2D eigenvalue weighted by molar-refractivity contribution is -0.159. The summed E-state index contributed by atoms with van der Waals surface area (Å²) in [4.78, 5) is 0. The van der Waals surface area contributed by atoms with Crippen molar-refractivity contribution in [2.75, 3.05) is 6.54 Å². The summed E-state index contributed by atoms with van der Waals surface area (Å²) < 4.78 is 0. The van der Waals surface area contributed by atoms with E-state index in [2.05, 4.69) is 39.9 Å². The summed E-state index contributed by atoms with van der Waals surface area (Å²) in [6.07, 6.45) is 11.7. The minimum atomic E-state index is 0.613. The van der Waals surface area contributed by atoms with E-state index in [1.54, 1.807) is 0 Å². The van der Waals surface area contributed by atoms with Crippen molar-refractivity contribution in [1.82, 2.24) is 5.32 Å². The predicted molar refractivity (Wildman–Crippen MR) is 91.4 cm³/mol. The molecule has 0 aliphatic heterocycles. The maximum absolute atomic E-state index is 3.99. The van der Waals surface area contributed by atoms with Gasteiger partial charge in [0, 0.05) is 6.04 Å². The van der Waals surface area contributed by atoms with Crippen LogP contribution in [0.4, 0.5) is 0 Å². The molecule has 1 N–H and O–H groups in total. The van der Waals surface area contributed by atoms with Crippen molar-refractivity contribution in [3.05, 3.63) is 0 Å². The van der Waals surface area contributed by atoms with Crippen molar-refractivity contribution in [1.29, 1.82) is 0 Å². The van der Waals surface area contributed by atoms with Crippen molar-refractivity contribution in [2.24, 2.45) is 28.1 Å². The highest BCUT2D eigenvalue weighted by atomic mass is 14.9. The smallest absolute Gasteiger partial charge is 0.0126 e. The summed E-state index contributed by atoms with van der Waals surface area (Å²) >= 11 is 0. The maximum Gasteiger partial charge on any atom is 0.0126 e. The van der Waals surface area contributed by atoms with E-state index in [0.29, 0.717) is 16.2 Å². The number of nitrogens with one attached hydrogen (secondary N) is 1. The summed E-state index contributed by atoms with van der Waals surface area (Å²) in [5, 5.41) is 3.99. The average Bonchev–Trinajstić information content (AvgIpc) is 2.29. The van der Waals surface area contributed by atoms with E-state index in [-0.39, 0.29) is 0 Å². The third kappa shape index (κ3) is 2.92. The van der Waals surface area contributed by atoms with Gasteiger partial charge in [0.25, 0.3) is 0 Å². The number of hydrogen-bond donors (Lipinski definition) is 1. The van der Waals surface area contributed by atoms with Gasteiger partial charge in [-0.1, -0.05) is 34.6 Å². The van der Waals surface area contributed by atoms with E-state index in [9.17, 15) is 0 Å². The van der Waals surface area contributed by atoms with E-state index < -0.39 is 0 Å². The van der Waals surface area contributed by atoms with Gasteiger partial charge in [0.15, 0.2) is 0 Å². The first kappa shape index (κ1) is 15.8. The molecule has 4 bridgehead atoms. The SMILES string of the molecule is CCCNC(CC(C)C)C12CC3CC(C)(CC(C)(C3)C1)C2. The van der Waals surface area contributed by atoms with Crippen LogP contribution in [0.3, 0.4) is 0 Å². The van der Waals surface area contributed by atoms with Crippen LogP contribution >= 0.6 is 0 Å². The Balaban J connectivity index is 1.86. The Morgan fingerprint density at radius 2 is 1.62 bits per heavy atom. The quantitative estimate of drug-likeness (QED) is 0.691. The second kappa shape index (κ2) is 5.25. The molecule has 0 heterocycles. The Morgan fingerprint density at radius 1 is 1.00 bits per heavy atom. The molecule has 21 heavy (non-hydrogen) atoms. The molecule has 0 aromatic rings. The number of hydrogen-bond acceptors (Lipinski definition) is 1. The van der Waals surface area contributed by atoms with Gasteiger partial charge in [0.1, 0.15) is 0 Å². The molecule has 3 atom stereocenters. The third-order valence-corrected chi connectivity index (χ3v) is 6.76. The Kier molecular flexibility index (Phi) is 3.96. The lowest BCUT2D eigenvalue weighted by Gasteiger charge is -2.67. The molecule has 0 radical (unpaired) electrons. The van der Waals surface area contributed by atoms with Gasteiger partial charge in [-0.05, 0) is 86.0 Å². The molecular weight excluding hydrogens is 254 g/mol. The standard InChI is InChI=1S/C20H37N/c1-6-7-21-17(8-15(2)3)20-11-16-9-18(4,13-20)12-19(5,10-16)14-20/h15-17,21H,6-14H2,1-5H3. The minimum absolute atomic E-state index is 0.613. The first-order chi connectivity index (χ1) is 9.78. The third-order valence-electron chi connectivity index (χ3n) is 6.76. The van der Waals surface area contributed by atoms with E-state index in [1.165, 1.54) is 57.9 Å². The van der Waals surface area contributed by atoms with Gasteiger partial charge in [-0.25, -0.2) is 0 Å². The first-order valence-corrected chi connectivity index (χ1v) is 9.52. The second-order valence-corrected chi connectivity index (χ2v) is 10.1. The van der Waals surface area contributed by atoms with Gasteiger partial charge in [-0.2, -0.15) is 0 Å². The molecule has 4 saturated carbocycles. The van der Waals surface area contributed by atoms with E-state index in [1.807, 2.05) is 0 Å². The molecule has 0 saturated heterocycles. The topological polar surface area (TPSA) is 12.0 Å². The van der Waals surface area contributed by atoms with E-state index in [0.717, 1.165) is 17.9 Å². The lowest BCUT2D eigenvalue weighted by Crippen LogP contribution is -2.61. The molecule has 4 aliphatic rings. The van der Waals surface area contributed by atoms with Gasteiger partial charge in [0.05, 0.1) is 0 Å². The summed E-state index contributed by atoms with van der Waals surface area (Å²) in [6.45, 7) is 13.5. The average molecular weight is 292 g/mol. The van der Waals surface area contributed by atoms with Crippen LogP contribution in [0.2, 0.25) is 0 Å². The van der Waals surface area contributed by atoms with Crippen LogP contribution < -0.4 is 5.32 Å². The highest BCUT2D eigenvalue weighted by Crippen LogP contribution is 2.70. The summed E-state index contributed by atoms with van der Waals surface area (Å²) in [6, 6.07) is 0.763. The fraction of sp³-hybridized carbons (Fsp3) is 1.00. The van der Waals surface area contributed by atoms with Crippen molar-refractivity contribution in [3.8, 4) is 0 Å². The first-order valence-electron chi connectivity index (χ1n) is 9.52. The van der Waals surface area contributed by atoms with Gasteiger partial charge in [-0.15, -0.1) is 0 Å². The Morgan fingerprint density at radius 3 is 2.10 bits per heavy atom. The second-order valence-electron chi connectivity index (χ2n) is 10.1. The Hall–Kier alpha value is -0.0400. The highest BCUT2D eigenvalue weighted by Gasteiger charge is 2.61. The molecule has 122 valence electrons.